The minimum absolute atomic E-state index is 0.0564. The van der Waals surface area contributed by atoms with E-state index in [9.17, 15) is 4.79 Å². The Morgan fingerprint density at radius 3 is 2.83 bits per heavy atom. The molecule has 0 amide bonds. The summed E-state index contributed by atoms with van der Waals surface area (Å²) in [5.74, 6) is -0.210. The fourth-order valence-electron chi connectivity index (χ4n) is 1.17. The highest BCUT2D eigenvalue weighted by Gasteiger charge is 2.06. The van der Waals surface area contributed by atoms with E-state index in [-0.39, 0.29) is 12.1 Å². The van der Waals surface area contributed by atoms with Gasteiger partial charge in [-0.25, -0.2) is 0 Å². The average molecular weight is 166 g/mol. The molecule has 0 N–H and O–H groups in total. The van der Waals surface area contributed by atoms with Crippen LogP contribution in [0.5, 0.6) is 0 Å². The molecule has 0 saturated heterocycles. The molecular formula is C10H14O2. The van der Waals surface area contributed by atoms with E-state index in [2.05, 4.69) is 18.2 Å². The predicted octanol–water partition coefficient (Wildman–Crippen LogP) is 2.21. The maximum absolute atomic E-state index is 10.6. The lowest BCUT2D eigenvalue weighted by Gasteiger charge is -2.11. The van der Waals surface area contributed by atoms with Crippen LogP contribution in [0.1, 0.15) is 26.2 Å². The first-order valence-corrected chi connectivity index (χ1v) is 4.28. The van der Waals surface area contributed by atoms with E-state index in [1.807, 2.05) is 6.08 Å². The van der Waals surface area contributed by atoms with Crippen LogP contribution in [-0.2, 0) is 9.53 Å². The van der Waals surface area contributed by atoms with Crippen LogP contribution in [0.25, 0.3) is 0 Å². The van der Waals surface area contributed by atoms with Gasteiger partial charge in [-0.05, 0) is 18.9 Å². The summed E-state index contributed by atoms with van der Waals surface area (Å²) >= 11 is 0. The van der Waals surface area contributed by atoms with Gasteiger partial charge in [-0.15, -0.1) is 0 Å². The number of carbonyl (C=O) groups excluding carboxylic acids is 1. The number of allylic oxidation sites excluding steroid dienone is 2. The molecule has 0 aliphatic heterocycles. The highest BCUT2D eigenvalue weighted by atomic mass is 16.5. The molecule has 2 heteroatoms. The van der Waals surface area contributed by atoms with Crippen LogP contribution >= 0.6 is 0 Å². The van der Waals surface area contributed by atoms with Gasteiger partial charge in [0.2, 0.25) is 0 Å². The Labute approximate surface area is 72.9 Å². The Morgan fingerprint density at radius 1 is 1.33 bits per heavy atom. The van der Waals surface area contributed by atoms with E-state index in [4.69, 9.17) is 4.74 Å². The van der Waals surface area contributed by atoms with Crippen LogP contribution in [0, 0.1) is 0 Å². The zero-order valence-corrected chi connectivity index (χ0v) is 7.32. The largest absolute Gasteiger partial charge is 0.458 e. The third kappa shape index (κ3) is 3.37. The summed E-state index contributed by atoms with van der Waals surface area (Å²) in [6, 6.07) is 0. The van der Waals surface area contributed by atoms with E-state index in [1.54, 1.807) is 0 Å². The molecule has 66 valence electrons. The molecule has 12 heavy (non-hydrogen) atoms. The first-order chi connectivity index (χ1) is 5.79. The van der Waals surface area contributed by atoms with Gasteiger partial charge in [0.15, 0.2) is 0 Å². The second-order valence-electron chi connectivity index (χ2n) is 2.86. The topological polar surface area (TPSA) is 26.3 Å². The highest BCUT2D eigenvalue weighted by Crippen LogP contribution is 2.08. The molecule has 0 heterocycles. The summed E-state index contributed by atoms with van der Waals surface area (Å²) < 4.78 is 5.05. The molecule has 0 unspecified atom stereocenters. The monoisotopic (exact) mass is 166 g/mol. The molecule has 0 spiro atoms. The van der Waals surface area contributed by atoms with E-state index >= 15 is 0 Å². The van der Waals surface area contributed by atoms with Crippen molar-refractivity contribution >= 4 is 5.97 Å². The summed E-state index contributed by atoms with van der Waals surface area (Å²) in [5.41, 5.74) is 0. The van der Waals surface area contributed by atoms with Gasteiger partial charge < -0.3 is 4.74 Å². The second-order valence-corrected chi connectivity index (χ2v) is 2.86. The number of ether oxygens (including phenoxy) is 1. The van der Waals surface area contributed by atoms with Gasteiger partial charge in [-0.3, -0.25) is 4.79 Å². The molecule has 0 aromatic carbocycles. The molecule has 1 aliphatic carbocycles. The zero-order chi connectivity index (χ0) is 8.81. The van der Waals surface area contributed by atoms with Crippen LogP contribution in [0.2, 0.25) is 0 Å². The maximum Gasteiger partial charge on any atom is 0.303 e. The highest BCUT2D eigenvalue weighted by molar-refractivity contribution is 5.66. The standard InChI is InChI=1S/C10H14O2/c1-9(11)12-10-7-5-3-2-4-6-8-10/h3,5-6,8,10H,2,4,7H2,1H3/b5-3+,8-6?/t10-/m1/s1. The molecule has 0 bridgehead atoms. The van der Waals surface area contributed by atoms with Crippen molar-refractivity contribution in [1.82, 2.24) is 0 Å². The molecular weight excluding hydrogens is 152 g/mol. The van der Waals surface area contributed by atoms with Gasteiger partial charge in [0.1, 0.15) is 6.10 Å². The smallest absolute Gasteiger partial charge is 0.303 e. The van der Waals surface area contributed by atoms with E-state index in [0.717, 1.165) is 19.3 Å². The fourth-order valence-corrected chi connectivity index (χ4v) is 1.17. The summed E-state index contributed by atoms with van der Waals surface area (Å²) in [7, 11) is 0. The lowest BCUT2D eigenvalue weighted by atomic mass is 10.1. The molecule has 0 aromatic heterocycles. The molecule has 0 saturated carbocycles. The van der Waals surface area contributed by atoms with Crippen LogP contribution in [-0.4, -0.2) is 12.1 Å². The Bertz CT molecular complexity index is 204. The number of hydrogen-bond donors (Lipinski definition) is 0. The van der Waals surface area contributed by atoms with Crippen molar-refractivity contribution < 1.29 is 9.53 Å². The minimum atomic E-state index is -0.210. The minimum Gasteiger partial charge on any atom is -0.458 e. The second kappa shape index (κ2) is 4.75. The quantitative estimate of drug-likeness (QED) is 0.441. The van der Waals surface area contributed by atoms with Crippen molar-refractivity contribution in [2.45, 2.75) is 32.3 Å². The third-order valence-electron chi connectivity index (χ3n) is 1.70. The number of hydrogen-bond acceptors (Lipinski definition) is 2. The Balaban J connectivity index is 2.44. The van der Waals surface area contributed by atoms with Gasteiger partial charge >= 0.3 is 5.97 Å². The van der Waals surface area contributed by atoms with Crippen molar-refractivity contribution in [2.24, 2.45) is 0 Å². The van der Waals surface area contributed by atoms with Crippen molar-refractivity contribution in [3.63, 3.8) is 0 Å². The fraction of sp³-hybridized carbons (Fsp3) is 0.500. The molecule has 0 aromatic rings. The van der Waals surface area contributed by atoms with Crippen LogP contribution in [0.3, 0.4) is 0 Å². The lowest BCUT2D eigenvalue weighted by Crippen LogP contribution is -2.12. The third-order valence-corrected chi connectivity index (χ3v) is 1.70. The first kappa shape index (κ1) is 9.04. The Morgan fingerprint density at radius 2 is 2.08 bits per heavy atom. The maximum atomic E-state index is 10.6. The van der Waals surface area contributed by atoms with Gasteiger partial charge in [0, 0.05) is 13.3 Å². The molecule has 2 nitrogen and oxygen atoms in total. The molecule has 0 radical (unpaired) electrons. The number of carbonyl (C=O) groups is 1. The van der Waals surface area contributed by atoms with Crippen molar-refractivity contribution in [3.8, 4) is 0 Å². The first-order valence-electron chi connectivity index (χ1n) is 4.28. The zero-order valence-electron chi connectivity index (χ0n) is 7.32. The van der Waals surface area contributed by atoms with Crippen LogP contribution < -0.4 is 0 Å². The van der Waals surface area contributed by atoms with Crippen molar-refractivity contribution in [1.29, 1.82) is 0 Å². The average Bonchev–Trinajstić information content (AvgIpc) is 1.93. The van der Waals surface area contributed by atoms with Crippen molar-refractivity contribution in [3.05, 3.63) is 24.3 Å². The van der Waals surface area contributed by atoms with Gasteiger partial charge in [-0.1, -0.05) is 18.2 Å². The summed E-state index contributed by atoms with van der Waals surface area (Å²) in [6.45, 7) is 1.44. The normalized spacial score (nSPS) is 25.6. The summed E-state index contributed by atoms with van der Waals surface area (Å²) in [6.07, 6.45) is 11.1. The van der Waals surface area contributed by atoms with E-state index in [0.29, 0.717) is 0 Å². The number of rotatable bonds is 1. The summed E-state index contributed by atoms with van der Waals surface area (Å²) in [5, 5.41) is 0. The van der Waals surface area contributed by atoms with E-state index < -0.39 is 0 Å². The SMILES string of the molecule is CC(=O)O[C@H]1C=CCC/C=C/C1. The number of esters is 1. The van der Waals surface area contributed by atoms with Gasteiger partial charge in [0.05, 0.1) is 0 Å². The molecule has 1 rings (SSSR count). The van der Waals surface area contributed by atoms with Gasteiger partial charge in [-0.2, -0.15) is 0 Å². The summed E-state index contributed by atoms with van der Waals surface area (Å²) in [4.78, 5) is 10.6. The molecule has 1 aliphatic rings. The van der Waals surface area contributed by atoms with E-state index in [1.165, 1.54) is 6.92 Å². The Kier molecular flexibility index (Phi) is 3.58. The Hall–Kier alpha value is -1.05. The lowest BCUT2D eigenvalue weighted by molar-refractivity contribution is -0.143. The molecule has 1 atom stereocenters. The predicted molar refractivity (Wildman–Crippen MR) is 47.7 cm³/mol. The van der Waals surface area contributed by atoms with Crippen LogP contribution in [0.4, 0.5) is 0 Å². The van der Waals surface area contributed by atoms with Crippen molar-refractivity contribution in [2.75, 3.05) is 0 Å². The molecule has 0 fully saturated rings. The van der Waals surface area contributed by atoms with Crippen LogP contribution in [0.15, 0.2) is 24.3 Å². The van der Waals surface area contributed by atoms with Gasteiger partial charge in [0.25, 0.3) is 0 Å².